The van der Waals surface area contributed by atoms with E-state index in [1.807, 2.05) is 0 Å². The first-order valence-electron chi connectivity index (χ1n) is 3.26. The molecule has 0 aromatic carbocycles. The van der Waals surface area contributed by atoms with Crippen LogP contribution in [-0.2, 0) is 4.79 Å². The van der Waals surface area contributed by atoms with Crippen LogP contribution in [0.25, 0.3) is 0 Å². The van der Waals surface area contributed by atoms with Crippen LogP contribution in [0.15, 0.2) is 0 Å². The lowest BCUT2D eigenvalue weighted by molar-refractivity contribution is -0.143. The number of alkyl halides is 2. The molecule has 5 heteroatoms. The zero-order chi connectivity index (χ0) is 8.65. The highest BCUT2D eigenvalue weighted by molar-refractivity contribution is 5.79. The van der Waals surface area contributed by atoms with Crippen molar-refractivity contribution in [3.05, 3.63) is 0 Å². The van der Waals surface area contributed by atoms with Crippen LogP contribution < -0.4 is 5.73 Å². The van der Waals surface area contributed by atoms with Gasteiger partial charge >= 0.3 is 5.97 Å². The van der Waals surface area contributed by atoms with Gasteiger partial charge in [0.15, 0.2) is 0 Å². The van der Waals surface area contributed by atoms with E-state index in [2.05, 4.69) is 0 Å². The Kier molecular flexibility index (Phi) is 1.83. The molecule has 3 atom stereocenters. The lowest BCUT2D eigenvalue weighted by Gasteiger charge is -2.15. The zero-order valence-electron chi connectivity index (χ0n) is 5.76. The Bertz CT molecular complexity index is 175. The van der Waals surface area contributed by atoms with Gasteiger partial charge in [-0.05, 0) is 0 Å². The highest BCUT2D eigenvalue weighted by Crippen LogP contribution is 2.32. The maximum atomic E-state index is 12.5. The Morgan fingerprint density at radius 3 is 2.00 bits per heavy atom. The quantitative estimate of drug-likeness (QED) is 0.585. The van der Waals surface area contributed by atoms with E-state index in [-0.39, 0.29) is 0 Å². The van der Waals surface area contributed by atoms with Crippen LogP contribution in [0.1, 0.15) is 12.8 Å². The van der Waals surface area contributed by atoms with Crippen molar-refractivity contribution in [2.75, 3.05) is 0 Å². The van der Waals surface area contributed by atoms with Gasteiger partial charge in [0.1, 0.15) is 17.9 Å². The van der Waals surface area contributed by atoms with Gasteiger partial charge in [0, 0.05) is 12.8 Å². The average Bonchev–Trinajstić information content (AvgIpc) is 2.09. The Morgan fingerprint density at radius 2 is 1.82 bits per heavy atom. The van der Waals surface area contributed by atoms with Gasteiger partial charge in [-0.1, -0.05) is 0 Å². The molecule has 0 aromatic rings. The van der Waals surface area contributed by atoms with Crippen molar-refractivity contribution in [1.82, 2.24) is 0 Å². The Hall–Kier alpha value is -0.710. The van der Waals surface area contributed by atoms with Crippen molar-refractivity contribution in [2.45, 2.75) is 30.7 Å². The van der Waals surface area contributed by atoms with Crippen LogP contribution in [-0.4, -0.2) is 29.0 Å². The first-order chi connectivity index (χ1) is 4.96. The van der Waals surface area contributed by atoms with Gasteiger partial charge in [-0.15, -0.1) is 0 Å². The summed E-state index contributed by atoms with van der Waals surface area (Å²) in [6.45, 7) is 0. The van der Waals surface area contributed by atoms with E-state index in [4.69, 9.17) is 10.8 Å². The molecule has 1 fully saturated rings. The minimum Gasteiger partial charge on any atom is -0.480 e. The highest BCUT2D eigenvalue weighted by atomic mass is 19.2. The molecule has 0 aliphatic heterocycles. The molecule has 3 nitrogen and oxygen atoms in total. The van der Waals surface area contributed by atoms with Gasteiger partial charge in [0.2, 0.25) is 0 Å². The molecule has 0 bridgehead atoms. The van der Waals surface area contributed by atoms with Crippen molar-refractivity contribution >= 4 is 5.97 Å². The van der Waals surface area contributed by atoms with Crippen LogP contribution >= 0.6 is 0 Å². The molecule has 0 radical (unpaired) electrons. The van der Waals surface area contributed by atoms with E-state index in [9.17, 15) is 13.6 Å². The summed E-state index contributed by atoms with van der Waals surface area (Å²) in [5.41, 5.74) is 3.51. The van der Waals surface area contributed by atoms with E-state index in [1.165, 1.54) is 0 Å². The molecule has 0 heterocycles. The van der Waals surface area contributed by atoms with Gasteiger partial charge in [-0.3, -0.25) is 4.79 Å². The van der Waals surface area contributed by atoms with Gasteiger partial charge in [-0.25, -0.2) is 8.78 Å². The Balaban J connectivity index is 2.71. The number of nitrogens with two attached hydrogens (primary N) is 1. The maximum absolute atomic E-state index is 12.5. The molecule has 11 heavy (non-hydrogen) atoms. The number of hydrogen-bond acceptors (Lipinski definition) is 2. The number of carbonyl (C=O) groups is 1. The summed E-state index contributed by atoms with van der Waals surface area (Å²) in [5, 5.41) is 8.45. The minimum atomic E-state index is -1.73. The van der Waals surface area contributed by atoms with E-state index < -0.39 is 36.7 Å². The smallest absolute Gasteiger partial charge is 0.323 e. The summed E-state index contributed by atoms with van der Waals surface area (Å²) in [6.07, 6.45) is -4.31. The molecular weight excluding hydrogens is 156 g/mol. The summed E-state index contributed by atoms with van der Waals surface area (Å²) in [4.78, 5) is 10.4. The Morgan fingerprint density at radius 1 is 1.45 bits per heavy atom. The summed E-state index contributed by atoms with van der Waals surface area (Å²) in [6, 6.07) is 0. The highest BCUT2D eigenvalue weighted by Gasteiger charge is 2.48. The first-order valence-corrected chi connectivity index (χ1v) is 3.26. The first kappa shape index (κ1) is 8.39. The molecule has 1 saturated carbocycles. The molecule has 0 amide bonds. The second kappa shape index (κ2) is 2.41. The topological polar surface area (TPSA) is 63.3 Å². The molecule has 3 N–H and O–H groups in total. The second-order valence-corrected chi connectivity index (χ2v) is 2.90. The molecule has 1 aliphatic carbocycles. The molecular formula is C6H9F2NO2. The number of halogens is 2. The Labute approximate surface area is 62.2 Å². The molecule has 1 aliphatic rings. The monoisotopic (exact) mass is 165 g/mol. The summed E-state index contributed by atoms with van der Waals surface area (Å²) < 4.78 is 24.9. The number of carboxylic acid groups (broad SMARTS) is 1. The van der Waals surface area contributed by atoms with Crippen LogP contribution in [0.5, 0.6) is 0 Å². The molecule has 0 aromatic heterocycles. The van der Waals surface area contributed by atoms with Gasteiger partial charge in [0.25, 0.3) is 0 Å². The third kappa shape index (κ3) is 1.33. The summed E-state index contributed by atoms with van der Waals surface area (Å²) in [7, 11) is 0. The summed E-state index contributed by atoms with van der Waals surface area (Å²) >= 11 is 0. The minimum absolute atomic E-state index is 0.427. The van der Waals surface area contributed by atoms with E-state index in [1.54, 1.807) is 0 Å². The van der Waals surface area contributed by atoms with Crippen molar-refractivity contribution in [1.29, 1.82) is 0 Å². The number of aliphatic carboxylic acids is 1. The van der Waals surface area contributed by atoms with E-state index >= 15 is 0 Å². The van der Waals surface area contributed by atoms with Gasteiger partial charge in [0.05, 0.1) is 0 Å². The second-order valence-electron chi connectivity index (χ2n) is 2.90. The van der Waals surface area contributed by atoms with Crippen molar-refractivity contribution in [2.24, 2.45) is 5.73 Å². The van der Waals surface area contributed by atoms with Crippen molar-refractivity contribution < 1.29 is 18.7 Å². The van der Waals surface area contributed by atoms with Crippen LogP contribution in [0.3, 0.4) is 0 Å². The lowest BCUT2D eigenvalue weighted by Crippen LogP contribution is -2.45. The van der Waals surface area contributed by atoms with Crippen LogP contribution in [0.4, 0.5) is 8.78 Å². The van der Waals surface area contributed by atoms with Crippen molar-refractivity contribution in [3.63, 3.8) is 0 Å². The SMILES string of the molecule is NC1(C(=O)O)C[C@@H](F)[C@@H](F)C1. The predicted molar refractivity (Wildman–Crippen MR) is 33.6 cm³/mol. The molecule has 0 spiro atoms. The van der Waals surface area contributed by atoms with E-state index in [0.717, 1.165) is 0 Å². The van der Waals surface area contributed by atoms with Gasteiger partial charge in [-0.2, -0.15) is 0 Å². The number of hydrogen-bond donors (Lipinski definition) is 2. The van der Waals surface area contributed by atoms with Crippen LogP contribution in [0, 0.1) is 0 Å². The fourth-order valence-corrected chi connectivity index (χ4v) is 1.21. The average molecular weight is 165 g/mol. The zero-order valence-corrected chi connectivity index (χ0v) is 5.76. The normalized spacial score (nSPS) is 44.3. The number of carboxylic acids is 1. The van der Waals surface area contributed by atoms with Crippen molar-refractivity contribution in [3.8, 4) is 0 Å². The molecule has 1 rings (SSSR count). The third-order valence-corrected chi connectivity index (χ3v) is 1.94. The largest absolute Gasteiger partial charge is 0.480 e. The van der Waals surface area contributed by atoms with Gasteiger partial charge < -0.3 is 10.8 Å². The standard InChI is InChI=1S/C6H9F2NO2/c7-3-1-6(9,5(10)11)2-4(3)8/h3-4H,1-2,9H2,(H,10,11)/t3-,4+,6?. The fourth-order valence-electron chi connectivity index (χ4n) is 1.21. The predicted octanol–water partition coefficient (Wildman–Crippen LogP) is 0.238. The lowest BCUT2D eigenvalue weighted by atomic mass is 10.00. The summed E-state index contributed by atoms with van der Waals surface area (Å²) in [5.74, 6) is -1.33. The third-order valence-electron chi connectivity index (χ3n) is 1.94. The molecule has 0 saturated heterocycles. The molecule has 1 unspecified atom stereocenters. The number of rotatable bonds is 1. The maximum Gasteiger partial charge on any atom is 0.323 e. The van der Waals surface area contributed by atoms with E-state index in [0.29, 0.717) is 0 Å². The fraction of sp³-hybridized carbons (Fsp3) is 0.833. The molecule has 64 valence electrons. The van der Waals surface area contributed by atoms with Crippen LogP contribution in [0.2, 0.25) is 0 Å².